The second kappa shape index (κ2) is 12.4. The molecule has 4 nitrogen and oxygen atoms in total. The number of aromatic nitrogens is 4. The molecule has 0 aliphatic rings. The van der Waals surface area contributed by atoms with Crippen LogP contribution in [0.3, 0.4) is 0 Å². The minimum absolute atomic E-state index is 0.633. The van der Waals surface area contributed by atoms with Gasteiger partial charge in [0.15, 0.2) is 17.5 Å². The van der Waals surface area contributed by atoms with Crippen LogP contribution in [0.15, 0.2) is 176 Å². The molecule has 0 fully saturated rings. The topological polar surface area (TPSA) is 43.6 Å². The fraction of sp³-hybridized carbons (Fsp3) is 0.0217. The van der Waals surface area contributed by atoms with Crippen LogP contribution in [0, 0.1) is 6.92 Å². The van der Waals surface area contributed by atoms with E-state index in [-0.39, 0.29) is 0 Å². The van der Waals surface area contributed by atoms with E-state index in [1.54, 1.807) is 0 Å². The van der Waals surface area contributed by atoms with E-state index in [0.29, 0.717) is 17.5 Å². The number of fused-ring (bicyclic) bond motifs is 3. The summed E-state index contributed by atoms with van der Waals surface area (Å²) in [5.74, 6) is 1.91. The second-order valence-electron chi connectivity index (χ2n) is 12.6. The minimum Gasteiger partial charge on any atom is -0.309 e. The molecule has 0 amide bonds. The van der Waals surface area contributed by atoms with Crippen molar-refractivity contribution >= 4 is 21.8 Å². The van der Waals surface area contributed by atoms with Crippen molar-refractivity contribution in [2.45, 2.75) is 6.92 Å². The first-order valence-electron chi connectivity index (χ1n) is 16.9. The molecular formula is C46H32N4. The maximum absolute atomic E-state index is 5.10. The predicted molar refractivity (Wildman–Crippen MR) is 206 cm³/mol. The molecule has 2 aromatic heterocycles. The first-order chi connectivity index (χ1) is 24.7. The average Bonchev–Trinajstić information content (AvgIpc) is 3.52. The van der Waals surface area contributed by atoms with E-state index in [4.69, 9.17) is 15.0 Å². The first-order valence-corrected chi connectivity index (χ1v) is 16.9. The maximum atomic E-state index is 5.10. The van der Waals surface area contributed by atoms with E-state index in [2.05, 4.69) is 151 Å². The van der Waals surface area contributed by atoms with Gasteiger partial charge in [0.1, 0.15) is 0 Å². The number of para-hydroxylation sites is 1. The van der Waals surface area contributed by atoms with Gasteiger partial charge in [-0.2, -0.15) is 0 Å². The average molecular weight is 641 g/mol. The van der Waals surface area contributed by atoms with Crippen LogP contribution >= 0.6 is 0 Å². The first kappa shape index (κ1) is 29.5. The van der Waals surface area contributed by atoms with Crippen LogP contribution in [0.2, 0.25) is 0 Å². The molecule has 0 atom stereocenters. The molecule has 0 N–H and O–H groups in total. The highest BCUT2D eigenvalue weighted by molar-refractivity contribution is 6.11. The number of hydrogen-bond acceptors (Lipinski definition) is 3. The van der Waals surface area contributed by atoms with Crippen molar-refractivity contribution < 1.29 is 0 Å². The van der Waals surface area contributed by atoms with Gasteiger partial charge in [-0.15, -0.1) is 0 Å². The Bertz CT molecular complexity index is 2630. The molecule has 0 saturated carbocycles. The van der Waals surface area contributed by atoms with E-state index < -0.39 is 0 Å². The summed E-state index contributed by atoms with van der Waals surface area (Å²) in [4.78, 5) is 15.1. The van der Waals surface area contributed by atoms with Crippen LogP contribution < -0.4 is 0 Å². The molecule has 50 heavy (non-hydrogen) atoms. The van der Waals surface area contributed by atoms with E-state index >= 15 is 0 Å². The van der Waals surface area contributed by atoms with Gasteiger partial charge in [-0.3, -0.25) is 0 Å². The molecule has 0 spiro atoms. The maximum Gasteiger partial charge on any atom is 0.164 e. The highest BCUT2D eigenvalue weighted by atomic mass is 15.0. The molecule has 0 bridgehead atoms. The summed E-state index contributed by atoms with van der Waals surface area (Å²) >= 11 is 0. The van der Waals surface area contributed by atoms with Gasteiger partial charge in [0.05, 0.1) is 11.0 Å². The van der Waals surface area contributed by atoms with Crippen LogP contribution in [0.25, 0.3) is 83.9 Å². The van der Waals surface area contributed by atoms with Gasteiger partial charge in [-0.05, 0) is 59.5 Å². The monoisotopic (exact) mass is 640 g/mol. The number of hydrogen-bond donors (Lipinski definition) is 0. The Hall–Kier alpha value is -6.65. The molecule has 2 heterocycles. The van der Waals surface area contributed by atoms with Gasteiger partial charge in [-0.25, -0.2) is 15.0 Å². The summed E-state index contributed by atoms with van der Waals surface area (Å²) in [5.41, 5.74) is 12.2. The summed E-state index contributed by atoms with van der Waals surface area (Å²) in [6, 6.07) is 61.6. The van der Waals surface area contributed by atoms with Crippen LogP contribution in [0.1, 0.15) is 5.56 Å². The van der Waals surface area contributed by atoms with E-state index in [9.17, 15) is 0 Å². The largest absolute Gasteiger partial charge is 0.309 e. The lowest BCUT2D eigenvalue weighted by Gasteiger charge is -2.11. The van der Waals surface area contributed by atoms with E-state index in [1.165, 1.54) is 33.0 Å². The van der Waals surface area contributed by atoms with Crippen molar-refractivity contribution in [1.29, 1.82) is 0 Å². The van der Waals surface area contributed by atoms with Crippen molar-refractivity contribution in [3.63, 3.8) is 0 Å². The zero-order valence-corrected chi connectivity index (χ0v) is 27.5. The van der Waals surface area contributed by atoms with Gasteiger partial charge in [0, 0.05) is 33.2 Å². The highest BCUT2D eigenvalue weighted by Crippen LogP contribution is 2.37. The normalized spacial score (nSPS) is 11.3. The van der Waals surface area contributed by atoms with Crippen LogP contribution in [-0.2, 0) is 0 Å². The van der Waals surface area contributed by atoms with E-state index in [1.807, 2.05) is 36.4 Å². The van der Waals surface area contributed by atoms with Crippen LogP contribution in [0.5, 0.6) is 0 Å². The number of aryl methyl sites for hydroxylation is 1. The summed E-state index contributed by atoms with van der Waals surface area (Å²) in [6.07, 6.45) is 0. The van der Waals surface area contributed by atoms with Gasteiger partial charge in [0.25, 0.3) is 0 Å². The zero-order chi connectivity index (χ0) is 33.4. The summed E-state index contributed by atoms with van der Waals surface area (Å²) in [5, 5.41) is 2.38. The standard InChI is InChI=1S/C46H32N4/c1-31-12-11-17-36(28-31)37-25-27-42-41(29-37)40-26-24-38(30-43(40)50(42)39-18-9-4-10-19-39)46-48-44(34-15-7-3-8-16-34)47-45(49-46)35-22-20-33(21-23-35)32-13-5-2-6-14-32/h2-30H,1H3. The van der Waals surface area contributed by atoms with Crippen molar-refractivity contribution in [1.82, 2.24) is 19.5 Å². The minimum atomic E-state index is 0.633. The Morgan fingerprint density at radius 1 is 0.340 bits per heavy atom. The van der Waals surface area contributed by atoms with Crippen molar-refractivity contribution in [3.05, 3.63) is 181 Å². The van der Waals surface area contributed by atoms with Crippen LogP contribution in [-0.4, -0.2) is 19.5 Å². The quantitative estimate of drug-likeness (QED) is 0.182. The van der Waals surface area contributed by atoms with Gasteiger partial charge in [0.2, 0.25) is 0 Å². The molecule has 236 valence electrons. The summed E-state index contributed by atoms with van der Waals surface area (Å²) in [7, 11) is 0. The van der Waals surface area contributed by atoms with E-state index in [0.717, 1.165) is 39.0 Å². The molecule has 7 aromatic carbocycles. The number of rotatable bonds is 6. The lowest BCUT2D eigenvalue weighted by Crippen LogP contribution is -2.00. The summed E-state index contributed by atoms with van der Waals surface area (Å²) in [6.45, 7) is 2.14. The molecule has 0 aliphatic heterocycles. The Morgan fingerprint density at radius 2 is 0.840 bits per heavy atom. The molecule has 9 aromatic rings. The molecule has 0 unspecified atom stereocenters. The Morgan fingerprint density at radius 3 is 1.52 bits per heavy atom. The van der Waals surface area contributed by atoms with Gasteiger partial charge >= 0.3 is 0 Å². The Labute approximate surface area is 291 Å². The van der Waals surface area contributed by atoms with Crippen molar-refractivity contribution in [2.75, 3.05) is 0 Å². The Balaban J connectivity index is 1.22. The molecular weight excluding hydrogens is 609 g/mol. The fourth-order valence-electron chi connectivity index (χ4n) is 6.81. The van der Waals surface area contributed by atoms with Crippen molar-refractivity contribution in [3.8, 4) is 62.1 Å². The molecule has 0 saturated heterocycles. The Kier molecular flexibility index (Phi) is 7.33. The third-order valence-electron chi connectivity index (χ3n) is 9.31. The molecule has 4 heteroatoms. The van der Waals surface area contributed by atoms with Crippen LogP contribution in [0.4, 0.5) is 0 Å². The molecule has 9 rings (SSSR count). The smallest absolute Gasteiger partial charge is 0.164 e. The molecule has 0 radical (unpaired) electrons. The third-order valence-corrected chi connectivity index (χ3v) is 9.31. The lowest BCUT2D eigenvalue weighted by atomic mass is 10.0. The number of nitrogens with zero attached hydrogens (tertiary/aromatic N) is 4. The zero-order valence-electron chi connectivity index (χ0n) is 27.5. The SMILES string of the molecule is Cc1cccc(-c2ccc3c(c2)c2ccc(-c4nc(-c5ccccc5)nc(-c5ccc(-c6ccccc6)cc5)n4)cc2n3-c2ccccc2)c1. The second-order valence-corrected chi connectivity index (χ2v) is 12.6. The highest BCUT2D eigenvalue weighted by Gasteiger charge is 2.17. The third kappa shape index (κ3) is 5.43. The van der Waals surface area contributed by atoms with Gasteiger partial charge < -0.3 is 4.57 Å². The van der Waals surface area contributed by atoms with Gasteiger partial charge in [-0.1, -0.05) is 151 Å². The fourth-order valence-corrected chi connectivity index (χ4v) is 6.81. The predicted octanol–water partition coefficient (Wildman–Crippen LogP) is 11.6. The molecule has 0 aliphatic carbocycles. The van der Waals surface area contributed by atoms with Crippen molar-refractivity contribution in [2.24, 2.45) is 0 Å². The number of benzene rings is 7. The lowest BCUT2D eigenvalue weighted by molar-refractivity contribution is 1.07. The summed E-state index contributed by atoms with van der Waals surface area (Å²) < 4.78 is 2.34.